The molecule has 2 aliphatic carbocycles. The smallest absolute Gasteiger partial charge is 0.407 e. The minimum atomic E-state index is -0.767. The van der Waals surface area contributed by atoms with Crippen LogP contribution in [0.15, 0.2) is 48.5 Å². The Balaban J connectivity index is 1.25. The van der Waals surface area contributed by atoms with Gasteiger partial charge >= 0.3 is 12.1 Å². The van der Waals surface area contributed by atoms with Crippen molar-refractivity contribution >= 4 is 18.0 Å². The molecule has 0 saturated heterocycles. The summed E-state index contributed by atoms with van der Waals surface area (Å²) in [6.07, 6.45) is 1.52. The maximum absolute atomic E-state index is 12.7. The van der Waals surface area contributed by atoms with Gasteiger partial charge in [-0.1, -0.05) is 62.4 Å². The van der Waals surface area contributed by atoms with Crippen LogP contribution in [-0.2, 0) is 14.3 Å². The van der Waals surface area contributed by atoms with E-state index in [0.717, 1.165) is 24.0 Å². The van der Waals surface area contributed by atoms with Gasteiger partial charge in [-0.2, -0.15) is 0 Å². The summed E-state index contributed by atoms with van der Waals surface area (Å²) in [7, 11) is 0. The zero-order valence-electron chi connectivity index (χ0n) is 20.3. The third-order valence-corrected chi connectivity index (χ3v) is 7.24. The number of ether oxygens (including phenoxy) is 1. The molecule has 2 aromatic carbocycles. The lowest BCUT2D eigenvalue weighted by atomic mass is 9.73. The molecule has 0 aromatic heterocycles. The van der Waals surface area contributed by atoms with E-state index in [1.165, 1.54) is 11.1 Å². The van der Waals surface area contributed by atoms with Gasteiger partial charge < -0.3 is 20.5 Å². The van der Waals surface area contributed by atoms with Crippen LogP contribution in [0.5, 0.6) is 0 Å². The number of carbonyl (C=O) groups is 3. The van der Waals surface area contributed by atoms with Gasteiger partial charge in [-0.15, -0.1) is 0 Å². The Morgan fingerprint density at radius 1 is 0.971 bits per heavy atom. The van der Waals surface area contributed by atoms with E-state index in [1.54, 1.807) is 0 Å². The fraction of sp³-hybridized carbons (Fsp3) is 0.464. The number of aliphatic carboxylic acids is 1. The molecule has 35 heavy (non-hydrogen) atoms. The maximum Gasteiger partial charge on any atom is 0.407 e. The molecule has 4 rings (SSSR count). The van der Waals surface area contributed by atoms with Gasteiger partial charge in [0.25, 0.3) is 0 Å². The fourth-order valence-electron chi connectivity index (χ4n) is 5.23. The second-order valence-electron chi connectivity index (χ2n) is 10.1. The highest BCUT2D eigenvalue weighted by Crippen LogP contribution is 2.44. The number of rotatable bonds is 10. The normalized spacial score (nSPS) is 19.3. The Hall–Kier alpha value is -3.35. The Kier molecular flexibility index (Phi) is 7.73. The van der Waals surface area contributed by atoms with Crippen LogP contribution < -0.4 is 10.6 Å². The Bertz CT molecular complexity index is 1030. The van der Waals surface area contributed by atoms with Crippen LogP contribution in [0, 0.1) is 17.8 Å². The summed E-state index contributed by atoms with van der Waals surface area (Å²) in [6.45, 7) is 4.70. The molecule has 2 aliphatic rings. The van der Waals surface area contributed by atoms with Gasteiger partial charge in [0.1, 0.15) is 6.61 Å². The number of carboxylic acids is 1. The van der Waals surface area contributed by atoms with E-state index in [4.69, 9.17) is 9.84 Å². The van der Waals surface area contributed by atoms with E-state index < -0.39 is 12.1 Å². The molecule has 2 amide bonds. The third-order valence-electron chi connectivity index (χ3n) is 7.24. The number of amides is 2. The molecule has 186 valence electrons. The van der Waals surface area contributed by atoms with Crippen LogP contribution in [0.3, 0.4) is 0 Å². The van der Waals surface area contributed by atoms with Gasteiger partial charge in [-0.25, -0.2) is 4.79 Å². The predicted octanol–water partition coefficient (Wildman–Crippen LogP) is 4.56. The van der Waals surface area contributed by atoms with Crippen LogP contribution in [0.25, 0.3) is 11.1 Å². The molecule has 0 aliphatic heterocycles. The average molecular weight is 479 g/mol. The molecule has 7 nitrogen and oxygen atoms in total. The summed E-state index contributed by atoms with van der Waals surface area (Å²) < 4.78 is 5.64. The second-order valence-corrected chi connectivity index (χ2v) is 10.1. The van der Waals surface area contributed by atoms with Gasteiger partial charge in [-0.3, -0.25) is 9.59 Å². The standard InChI is InChI=1S/C28H34N2O5/c1-17(2)25(14-26(31)29-15-19-11-18(12-19)13-27(32)33)30-28(34)35-16-24-22-9-5-3-7-20(22)21-8-4-6-10-23(21)24/h3-10,17-19,24-25H,11-16H2,1-2H3,(H,29,31)(H,30,34)(H,32,33)/t18?,19?,25-/m1/s1. The van der Waals surface area contributed by atoms with Gasteiger partial charge in [0.05, 0.1) is 0 Å². The number of hydrogen-bond donors (Lipinski definition) is 3. The van der Waals surface area contributed by atoms with Gasteiger partial charge in [-0.05, 0) is 52.8 Å². The zero-order valence-corrected chi connectivity index (χ0v) is 20.3. The number of benzene rings is 2. The summed E-state index contributed by atoms with van der Waals surface area (Å²) in [6, 6.07) is 16.0. The summed E-state index contributed by atoms with van der Waals surface area (Å²) >= 11 is 0. The van der Waals surface area contributed by atoms with Crippen molar-refractivity contribution in [2.75, 3.05) is 13.2 Å². The van der Waals surface area contributed by atoms with Crippen molar-refractivity contribution in [3.8, 4) is 11.1 Å². The van der Waals surface area contributed by atoms with E-state index >= 15 is 0 Å². The van der Waals surface area contributed by atoms with Crippen molar-refractivity contribution in [2.45, 2.75) is 51.5 Å². The summed E-state index contributed by atoms with van der Waals surface area (Å²) in [5.41, 5.74) is 4.66. The Labute approximate surface area is 206 Å². The van der Waals surface area contributed by atoms with E-state index in [1.807, 2.05) is 38.1 Å². The summed E-state index contributed by atoms with van der Waals surface area (Å²) in [5.74, 6) is -0.295. The molecule has 1 saturated carbocycles. The SMILES string of the molecule is CC(C)[C@@H](CC(=O)NCC1CC(CC(=O)O)C1)NC(=O)OCC1c2ccccc2-c2ccccc21. The number of nitrogens with one attached hydrogen (secondary N) is 2. The van der Waals surface area contributed by atoms with Crippen LogP contribution in [0.4, 0.5) is 4.79 Å². The number of alkyl carbamates (subject to hydrolysis) is 1. The predicted molar refractivity (Wildman–Crippen MR) is 133 cm³/mol. The lowest BCUT2D eigenvalue weighted by Crippen LogP contribution is -2.44. The second kappa shape index (κ2) is 10.9. The molecule has 0 radical (unpaired) electrons. The van der Waals surface area contributed by atoms with E-state index in [0.29, 0.717) is 12.5 Å². The molecule has 0 bridgehead atoms. The first-order chi connectivity index (χ1) is 16.8. The summed E-state index contributed by atoms with van der Waals surface area (Å²) in [4.78, 5) is 35.9. The highest BCUT2D eigenvalue weighted by atomic mass is 16.5. The van der Waals surface area contributed by atoms with Gasteiger partial charge in [0, 0.05) is 31.3 Å². The van der Waals surface area contributed by atoms with Crippen molar-refractivity contribution in [3.63, 3.8) is 0 Å². The summed E-state index contributed by atoms with van der Waals surface area (Å²) in [5, 5.41) is 14.7. The largest absolute Gasteiger partial charge is 0.481 e. The van der Waals surface area contributed by atoms with Crippen molar-refractivity contribution < 1.29 is 24.2 Å². The number of hydrogen-bond acceptors (Lipinski definition) is 4. The first-order valence-electron chi connectivity index (χ1n) is 12.4. The van der Waals surface area contributed by atoms with E-state index in [-0.39, 0.29) is 49.2 Å². The minimum absolute atomic E-state index is 0.0126. The molecule has 3 N–H and O–H groups in total. The van der Waals surface area contributed by atoms with Gasteiger partial charge in [0.2, 0.25) is 5.91 Å². The Morgan fingerprint density at radius 2 is 1.57 bits per heavy atom. The van der Waals surface area contributed by atoms with Crippen molar-refractivity contribution in [2.24, 2.45) is 17.8 Å². The third kappa shape index (κ3) is 6.02. The molecule has 0 heterocycles. The minimum Gasteiger partial charge on any atom is -0.481 e. The highest BCUT2D eigenvalue weighted by molar-refractivity contribution is 5.79. The monoisotopic (exact) mass is 478 g/mol. The first-order valence-corrected chi connectivity index (χ1v) is 12.4. The zero-order chi connectivity index (χ0) is 24.9. The highest BCUT2D eigenvalue weighted by Gasteiger charge is 2.32. The molecular weight excluding hydrogens is 444 g/mol. The van der Waals surface area contributed by atoms with Crippen molar-refractivity contribution in [1.82, 2.24) is 10.6 Å². The number of carboxylic acid groups (broad SMARTS) is 1. The molecule has 1 atom stereocenters. The lowest BCUT2D eigenvalue weighted by Gasteiger charge is -2.34. The molecular formula is C28H34N2O5. The van der Waals surface area contributed by atoms with Crippen LogP contribution in [-0.4, -0.2) is 42.3 Å². The number of carbonyl (C=O) groups excluding carboxylic acids is 2. The van der Waals surface area contributed by atoms with Crippen LogP contribution in [0.1, 0.15) is 56.6 Å². The molecule has 7 heteroatoms. The Morgan fingerprint density at radius 3 is 2.14 bits per heavy atom. The first kappa shape index (κ1) is 24.8. The van der Waals surface area contributed by atoms with E-state index in [2.05, 4.69) is 34.9 Å². The van der Waals surface area contributed by atoms with Crippen molar-refractivity contribution in [1.29, 1.82) is 0 Å². The average Bonchev–Trinajstić information content (AvgIpc) is 3.12. The van der Waals surface area contributed by atoms with Crippen LogP contribution >= 0.6 is 0 Å². The van der Waals surface area contributed by atoms with Gasteiger partial charge in [0.15, 0.2) is 0 Å². The molecule has 2 aromatic rings. The van der Waals surface area contributed by atoms with Crippen molar-refractivity contribution in [3.05, 3.63) is 59.7 Å². The van der Waals surface area contributed by atoms with E-state index in [9.17, 15) is 14.4 Å². The molecule has 1 fully saturated rings. The molecule has 0 spiro atoms. The lowest BCUT2D eigenvalue weighted by molar-refractivity contribution is -0.139. The fourth-order valence-corrected chi connectivity index (χ4v) is 5.23. The maximum atomic E-state index is 12.7. The topological polar surface area (TPSA) is 105 Å². The quantitative estimate of drug-likeness (QED) is 0.464. The number of fused-ring (bicyclic) bond motifs is 3. The van der Waals surface area contributed by atoms with Crippen LogP contribution in [0.2, 0.25) is 0 Å². The molecule has 0 unspecified atom stereocenters.